The number of carbonyl (C=O) groups is 1. The number of amides is 1. The van der Waals surface area contributed by atoms with Gasteiger partial charge in [-0.1, -0.05) is 6.07 Å². The van der Waals surface area contributed by atoms with E-state index < -0.39 is 0 Å². The summed E-state index contributed by atoms with van der Waals surface area (Å²) in [5.74, 6) is -0.0238. The van der Waals surface area contributed by atoms with Crippen LogP contribution in [0.25, 0.3) is 0 Å². The average Bonchev–Trinajstić information content (AvgIpc) is 2.34. The van der Waals surface area contributed by atoms with Crippen molar-refractivity contribution in [2.75, 3.05) is 11.1 Å². The summed E-state index contributed by atoms with van der Waals surface area (Å²) in [7, 11) is 0. The maximum atomic E-state index is 11.9. The molecule has 2 aromatic carbocycles. The molecule has 4 heteroatoms. The lowest BCUT2D eigenvalue weighted by Gasteiger charge is -2.07. The quantitative estimate of drug-likeness (QED) is 0.559. The van der Waals surface area contributed by atoms with E-state index >= 15 is 0 Å². The number of nitrogen functional groups attached to an aromatic ring is 1. The zero-order valence-corrected chi connectivity index (χ0v) is 9.97. The molecule has 0 saturated heterocycles. The van der Waals surface area contributed by atoms with Crippen LogP contribution in [0.5, 0.6) is 5.75 Å². The van der Waals surface area contributed by atoms with Crippen molar-refractivity contribution in [2.45, 2.75) is 6.92 Å². The fourth-order valence-corrected chi connectivity index (χ4v) is 1.62. The molecule has 1 amide bonds. The third-order valence-corrected chi connectivity index (χ3v) is 2.60. The maximum Gasteiger partial charge on any atom is 0.255 e. The Bertz CT molecular complexity index is 594. The lowest BCUT2D eigenvalue weighted by Crippen LogP contribution is -2.12. The first-order valence-corrected chi connectivity index (χ1v) is 5.53. The number of phenolic OH excluding ortho intramolecular Hbond substituents is 1. The van der Waals surface area contributed by atoms with E-state index in [4.69, 9.17) is 5.73 Å². The van der Waals surface area contributed by atoms with Crippen LogP contribution < -0.4 is 11.1 Å². The van der Waals surface area contributed by atoms with E-state index in [1.165, 1.54) is 0 Å². The Morgan fingerprint density at radius 2 is 2.00 bits per heavy atom. The first-order chi connectivity index (χ1) is 8.56. The van der Waals surface area contributed by atoms with Crippen LogP contribution in [0.1, 0.15) is 15.9 Å². The minimum absolute atomic E-state index is 0.206. The highest BCUT2D eigenvalue weighted by molar-refractivity contribution is 6.04. The largest absolute Gasteiger partial charge is 0.508 e. The van der Waals surface area contributed by atoms with Crippen LogP contribution in [0.2, 0.25) is 0 Å². The van der Waals surface area contributed by atoms with Crippen molar-refractivity contribution in [3.8, 4) is 5.75 Å². The summed E-state index contributed by atoms with van der Waals surface area (Å²) in [6.45, 7) is 1.77. The van der Waals surface area contributed by atoms with Gasteiger partial charge >= 0.3 is 0 Å². The molecule has 0 atom stereocenters. The molecule has 0 fully saturated rings. The van der Waals surface area contributed by atoms with Crippen molar-refractivity contribution in [2.24, 2.45) is 0 Å². The molecule has 0 aliphatic heterocycles. The summed E-state index contributed by atoms with van der Waals surface area (Å²) in [6.07, 6.45) is 0. The van der Waals surface area contributed by atoms with Crippen molar-refractivity contribution in [1.82, 2.24) is 0 Å². The second-order valence-corrected chi connectivity index (χ2v) is 4.08. The number of aryl methyl sites for hydroxylation is 1. The number of carbonyl (C=O) groups excluding carboxylic acids is 1. The Morgan fingerprint density at radius 1 is 1.22 bits per heavy atom. The van der Waals surface area contributed by atoms with E-state index in [-0.39, 0.29) is 11.7 Å². The van der Waals surface area contributed by atoms with Gasteiger partial charge in [0.1, 0.15) is 5.75 Å². The minimum atomic E-state index is -0.229. The molecule has 2 aromatic rings. The number of benzene rings is 2. The summed E-state index contributed by atoms with van der Waals surface area (Å²) in [5, 5.41) is 12.1. The first kappa shape index (κ1) is 12.0. The summed E-state index contributed by atoms with van der Waals surface area (Å²) >= 11 is 0. The van der Waals surface area contributed by atoms with Gasteiger partial charge in [0, 0.05) is 16.9 Å². The molecular weight excluding hydrogens is 228 g/mol. The van der Waals surface area contributed by atoms with Crippen molar-refractivity contribution in [3.63, 3.8) is 0 Å². The summed E-state index contributed by atoms with van der Waals surface area (Å²) < 4.78 is 0. The van der Waals surface area contributed by atoms with Gasteiger partial charge in [-0.05, 0) is 48.9 Å². The molecule has 0 radical (unpaired) electrons. The van der Waals surface area contributed by atoms with Gasteiger partial charge in [-0.3, -0.25) is 4.79 Å². The molecule has 0 aliphatic rings. The Hall–Kier alpha value is -2.49. The van der Waals surface area contributed by atoms with E-state index in [1.54, 1.807) is 49.4 Å². The van der Waals surface area contributed by atoms with Crippen molar-refractivity contribution < 1.29 is 9.90 Å². The molecule has 0 heterocycles. The third-order valence-electron chi connectivity index (χ3n) is 2.60. The summed E-state index contributed by atoms with van der Waals surface area (Å²) in [4.78, 5) is 11.9. The minimum Gasteiger partial charge on any atom is -0.508 e. The SMILES string of the molecule is Cc1cc(NC(=O)c2cccc(N)c2)ccc1O. The summed E-state index contributed by atoms with van der Waals surface area (Å²) in [6, 6.07) is 11.7. The van der Waals surface area contributed by atoms with Crippen molar-refractivity contribution in [3.05, 3.63) is 53.6 Å². The van der Waals surface area contributed by atoms with E-state index in [1.807, 2.05) is 0 Å². The number of phenols is 1. The molecule has 0 spiro atoms. The lowest BCUT2D eigenvalue weighted by molar-refractivity contribution is 0.102. The second-order valence-electron chi connectivity index (χ2n) is 4.08. The summed E-state index contributed by atoms with van der Waals surface area (Å²) in [5.41, 5.74) is 8.01. The zero-order chi connectivity index (χ0) is 13.1. The molecular formula is C14H14N2O2. The number of hydrogen-bond acceptors (Lipinski definition) is 3. The number of nitrogens with two attached hydrogens (primary N) is 1. The number of rotatable bonds is 2. The Labute approximate surface area is 105 Å². The van der Waals surface area contributed by atoms with Crippen LogP contribution in [-0.4, -0.2) is 11.0 Å². The highest BCUT2D eigenvalue weighted by Crippen LogP contribution is 2.20. The fourth-order valence-electron chi connectivity index (χ4n) is 1.62. The molecule has 92 valence electrons. The predicted molar refractivity (Wildman–Crippen MR) is 71.7 cm³/mol. The highest BCUT2D eigenvalue weighted by Gasteiger charge is 2.07. The second kappa shape index (κ2) is 4.79. The lowest BCUT2D eigenvalue weighted by atomic mass is 10.1. The van der Waals surface area contributed by atoms with Gasteiger partial charge in [0.25, 0.3) is 5.91 Å². The van der Waals surface area contributed by atoms with Crippen LogP contribution in [-0.2, 0) is 0 Å². The van der Waals surface area contributed by atoms with E-state index in [0.717, 1.165) is 0 Å². The van der Waals surface area contributed by atoms with Crippen LogP contribution in [0.4, 0.5) is 11.4 Å². The highest BCUT2D eigenvalue weighted by atomic mass is 16.3. The molecule has 4 nitrogen and oxygen atoms in total. The van der Waals surface area contributed by atoms with Gasteiger partial charge in [0.15, 0.2) is 0 Å². The Balaban J connectivity index is 2.18. The molecule has 0 aliphatic carbocycles. The van der Waals surface area contributed by atoms with Gasteiger partial charge in [-0.25, -0.2) is 0 Å². The van der Waals surface area contributed by atoms with Crippen LogP contribution in [0, 0.1) is 6.92 Å². The number of hydrogen-bond donors (Lipinski definition) is 3. The van der Waals surface area contributed by atoms with Gasteiger partial charge in [-0.2, -0.15) is 0 Å². The first-order valence-electron chi connectivity index (χ1n) is 5.53. The van der Waals surface area contributed by atoms with Crippen molar-refractivity contribution >= 4 is 17.3 Å². The number of nitrogens with one attached hydrogen (secondary N) is 1. The van der Waals surface area contributed by atoms with Gasteiger partial charge in [0.2, 0.25) is 0 Å². The molecule has 4 N–H and O–H groups in total. The molecule has 0 unspecified atom stereocenters. The molecule has 18 heavy (non-hydrogen) atoms. The molecule has 0 bridgehead atoms. The van der Waals surface area contributed by atoms with Crippen LogP contribution in [0.3, 0.4) is 0 Å². The van der Waals surface area contributed by atoms with E-state index in [0.29, 0.717) is 22.5 Å². The van der Waals surface area contributed by atoms with E-state index in [9.17, 15) is 9.90 Å². The smallest absolute Gasteiger partial charge is 0.255 e. The Morgan fingerprint density at radius 3 is 2.67 bits per heavy atom. The molecule has 0 aromatic heterocycles. The molecule has 2 rings (SSSR count). The van der Waals surface area contributed by atoms with Crippen molar-refractivity contribution in [1.29, 1.82) is 0 Å². The van der Waals surface area contributed by atoms with Crippen LogP contribution in [0.15, 0.2) is 42.5 Å². The number of anilines is 2. The number of aromatic hydroxyl groups is 1. The van der Waals surface area contributed by atoms with Gasteiger partial charge in [-0.15, -0.1) is 0 Å². The topological polar surface area (TPSA) is 75.4 Å². The van der Waals surface area contributed by atoms with Gasteiger partial charge < -0.3 is 16.2 Å². The van der Waals surface area contributed by atoms with Crippen LogP contribution >= 0.6 is 0 Å². The average molecular weight is 242 g/mol. The van der Waals surface area contributed by atoms with Gasteiger partial charge in [0.05, 0.1) is 0 Å². The Kier molecular flexibility index (Phi) is 3.19. The van der Waals surface area contributed by atoms with E-state index in [2.05, 4.69) is 5.32 Å². The normalized spacial score (nSPS) is 10.1. The predicted octanol–water partition coefficient (Wildman–Crippen LogP) is 2.54. The third kappa shape index (κ3) is 2.60. The standard InChI is InChI=1S/C14H14N2O2/c1-9-7-12(5-6-13(9)17)16-14(18)10-3-2-4-11(15)8-10/h2-8,17H,15H2,1H3,(H,16,18). The monoisotopic (exact) mass is 242 g/mol. The fraction of sp³-hybridized carbons (Fsp3) is 0.0714. The zero-order valence-electron chi connectivity index (χ0n) is 9.97. The molecule has 0 saturated carbocycles. The maximum absolute atomic E-state index is 11.9.